The Morgan fingerprint density at radius 1 is 1.12 bits per heavy atom. The molecule has 3 amide bonds. The van der Waals surface area contributed by atoms with E-state index in [0.717, 1.165) is 0 Å². The lowest BCUT2D eigenvalue weighted by molar-refractivity contribution is -0.134. The predicted molar refractivity (Wildman–Crippen MR) is 92.9 cm³/mol. The molecule has 2 rings (SSSR count). The Balaban J connectivity index is 1.68. The molecule has 142 valence electrons. The van der Waals surface area contributed by atoms with Gasteiger partial charge in [0.25, 0.3) is 0 Å². The zero-order valence-corrected chi connectivity index (χ0v) is 14.9. The highest BCUT2D eigenvalue weighted by Crippen LogP contribution is 2.09. The van der Waals surface area contributed by atoms with Crippen molar-refractivity contribution >= 4 is 17.9 Å². The second-order valence-electron chi connectivity index (χ2n) is 5.93. The van der Waals surface area contributed by atoms with Gasteiger partial charge in [-0.2, -0.15) is 0 Å². The third kappa shape index (κ3) is 5.72. The third-order valence-electron chi connectivity index (χ3n) is 4.17. The van der Waals surface area contributed by atoms with E-state index < -0.39 is 0 Å². The molecule has 1 fully saturated rings. The lowest BCUT2D eigenvalue weighted by atomic mass is 10.1. The fraction of sp³-hybridized carbons (Fsp3) is 0.500. The fourth-order valence-corrected chi connectivity index (χ4v) is 2.68. The summed E-state index contributed by atoms with van der Waals surface area (Å²) in [6.45, 7) is 3.59. The van der Waals surface area contributed by atoms with Gasteiger partial charge in [0, 0.05) is 32.6 Å². The predicted octanol–water partition coefficient (Wildman–Crippen LogP) is 1.18. The number of amides is 3. The van der Waals surface area contributed by atoms with E-state index >= 15 is 0 Å². The summed E-state index contributed by atoms with van der Waals surface area (Å²) in [5, 5.41) is 2.57. The van der Waals surface area contributed by atoms with Gasteiger partial charge >= 0.3 is 6.09 Å². The van der Waals surface area contributed by atoms with Gasteiger partial charge in [-0.05, 0) is 25.0 Å². The molecule has 0 spiro atoms. The van der Waals surface area contributed by atoms with E-state index in [9.17, 15) is 18.8 Å². The lowest BCUT2D eigenvalue weighted by Crippen LogP contribution is -2.52. The van der Waals surface area contributed by atoms with Crippen molar-refractivity contribution in [2.75, 3.05) is 39.3 Å². The average Bonchev–Trinajstić information content (AvgIpc) is 2.65. The van der Waals surface area contributed by atoms with Crippen molar-refractivity contribution in [2.24, 2.45) is 0 Å². The zero-order chi connectivity index (χ0) is 18.9. The van der Waals surface area contributed by atoms with E-state index in [4.69, 9.17) is 4.74 Å². The van der Waals surface area contributed by atoms with Crippen molar-refractivity contribution in [3.8, 4) is 0 Å². The Morgan fingerprint density at radius 2 is 1.77 bits per heavy atom. The molecule has 1 aromatic rings. The molecule has 1 saturated heterocycles. The first-order valence-corrected chi connectivity index (χ1v) is 8.70. The first-order valence-electron chi connectivity index (χ1n) is 8.70. The summed E-state index contributed by atoms with van der Waals surface area (Å²) >= 11 is 0. The molecular weight excluding hydrogens is 341 g/mol. The van der Waals surface area contributed by atoms with E-state index in [2.05, 4.69) is 5.32 Å². The Labute approximate surface area is 152 Å². The normalized spacial score (nSPS) is 14.1. The molecule has 0 saturated carbocycles. The Morgan fingerprint density at radius 3 is 2.42 bits per heavy atom. The van der Waals surface area contributed by atoms with Crippen LogP contribution in [0.15, 0.2) is 24.3 Å². The number of ether oxygens (including phenoxy) is 1. The van der Waals surface area contributed by atoms with E-state index in [1.807, 2.05) is 0 Å². The smallest absolute Gasteiger partial charge is 0.409 e. The van der Waals surface area contributed by atoms with Crippen LogP contribution in [-0.4, -0.2) is 67.0 Å². The van der Waals surface area contributed by atoms with Gasteiger partial charge in [0.15, 0.2) is 0 Å². The van der Waals surface area contributed by atoms with Crippen LogP contribution < -0.4 is 5.32 Å². The Bertz CT molecular complexity index is 645. The molecule has 0 bridgehead atoms. The molecule has 1 heterocycles. The summed E-state index contributed by atoms with van der Waals surface area (Å²) < 4.78 is 18.4. The van der Waals surface area contributed by atoms with Crippen LogP contribution in [-0.2, 0) is 20.7 Å². The summed E-state index contributed by atoms with van der Waals surface area (Å²) in [6, 6.07) is 6.30. The number of hydrogen-bond donors (Lipinski definition) is 1. The molecule has 7 nitrogen and oxygen atoms in total. The SMILES string of the molecule is CCOC(=O)N1CCN(C(=O)CNC(=O)CCc2ccccc2F)CC1. The summed E-state index contributed by atoms with van der Waals surface area (Å²) in [7, 11) is 0. The van der Waals surface area contributed by atoms with Crippen molar-refractivity contribution in [3.05, 3.63) is 35.6 Å². The highest BCUT2D eigenvalue weighted by Gasteiger charge is 2.24. The number of nitrogens with one attached hydrogen (secondary N) is 1. The maximum atomic E-state index is 13.5. The van der Waals surface area contributed by atoms with Crippen LogP contribution in [0.25, 0.3) is 0 Å². The number of aryl methyl sites for hydroxylation is 1. The van der Waals surface area contributed by atoms with Crippen LogP contribution in [0.3, 0.4) is 0 Å². The van der Waals surface area contributed by atoms with Crippen LogP contribution in [0.1, 0.15) is 18.9 Å². The van der Waals surface area contributed by atoms with E-state index in [0.29, 0.717) is 38.3 Å². The third-order valence-corrected chi connectivity index (χ3v) is 4.17. The van der Waals surface area contributed by atoms with Gasteiger partial charge in [0.05, 0.1) is 13.2 Å². The average molecular weight is 365 g/mol. The number of hydrogen-bond acceptors (Lipinski definition) is 4. The largest absolute Gasteiger partial charge is 0.450 e. The number of piperazine rings is 1. The van der Waals surface area contributed by atoms with Crippen molar-refractivity contribution in [1.29, 1.82) is 0 Å². The topological polar surface area (TPSA) is 79.0 Å². The van der Waals surface area contributed by atoms with Gasteiger partial charge in [-0.25, -0.2) is 9.18 Å². The van der Waals surface area contributed by atoms with Crippen LogP contribution >= 0.6 is 0 Å². The Kier molecular flexibility index (Phi) is 7.37. The number of rotatable bonds is 6. The van der Waals surface area contributed by atoms with Crippen LogP contribution in [0.4, 0.5) is 9.18 Å². The maximum absolute atomic E-state index is 13.5. The van der Waals surface area contributed by atoms with E-state index in [-0.39, 0.29) is 43.1 Å². The highest BCUT2D eigenvalue weighted by atomic mass is 19.1. The number of benzene rings is 1. The number of nitrogens with zero attached hydrogens (tertiary/aromatic N) is 2. The van der Waals surface area contributed by atoms with Crippen molar-refractivity contribution < 1.29 is 23.5 Å². The quantitative estimate of drug-likeness (QED) is 0.821. The number of halogens is 1. The van der Waals surface area contributed by atoms with Crippen LogP contribution in [0, 0.1) is 5.82 Å². The molecule has 0 radical (unpaired) electrons. The van der Waals surface area contributed by atoms with Gasteiger partial charge < -0.3 is 19.9 Å². The highest BCUT2D eigenvalue weighted by molar-refractivity contribution is 5.85. The fourth-order valence-electron chi connectivity index (χ4n) is 2.68. The van der Waals surface area contributed by atoms with Crippen molar-refractivity contribution in [2.45, 2.75) is 19.8 Å². The minimum Gasteiger partial charge on any atom is -0.450 e. The summed E-state index contributed by atoms with van der Waals surface area (Å²) in [5.41, 5.74) is 0.476. The van der Waals surface area contributed by atoms with Gasteiger partial charge in [0.2, 0.25) is 11.8 Å². The first-order chi connectivity index (χ1) is 12.5. The van der Waals surface area contributed by atoms with Crippen LogP contribution in [0.5, 0.6) is 0 Å². The summed E-state index contributed by atoms with van der Waals surface area (Å²) in [4.78, 5) is 38.8. The summed E-state index contributed by atoms with van der Waals surface area (Å²) in [6.07, 6.45) is 0.0245. The standard InChI is InChI=1S/C18H24FN3O4/c1-2-26-18(25)22-11-9-21(10-12-22)17(24)13-20-16(23)8-7-14-5-3-4-6-15(14)19/h3-6H,2,7-13H2,1H3,(H,20,23). The molecule has 26 heavy (non-hydrogen) atoms. The summed E-state index contributed by atoms with van der Waals surface area (Å²) in [5.74, 6) is -0.838. The molecule has 1 aliphatic rings. The van der Waals surface area contributed by atoms with Gasteiger partial charge in [-0.1, -0.05) is 18.2 Å². The molecule has 0 atom stereocenters. The maximum Gasteiger partial charge on any atom is 0.409 e. The van der Waals surface area contributed by atoms with Gasteiger partial charge in [-0.15, -0.1) is 0 Å². The minimum absolute atomic E-state index is 0.102. The monoisotopic (exact) mass is 365 g/mol. The minimum atomic E-state index is -0.374. The van der Waals surface area contributed by atoms with Crippen LogP contribution in [0.2, 0.25) is 0 Å². The van der Waals surface area contributed by atoms with E-state index in [1.54, 1.807) is 34.9 Å². The molecule has 1 N–H and O–H groups in total. The number of carbonyl (C=O) groups excluding carboxylic acids is 3. The Hall–Kier alpha value is -2.64. The second-order valence-corrected chi connectivity index (χ2v) is 5.93. The molecule has 0 aliphatic carbocycles. The first kappa shape index (κ1) is 19.7. The molecule has 0 unspecified atom stereocenters. The molecule has 1 aromatic carbocycles. The molecule has 1 aliphatic heterocycles. The molecule has 0 aromatic heterocycles. The van der Waals surface area contributed by atoms with Gasteiger partial charge in [0.1, 0.15) is 5.82 Å². The van der Waals surface area contributed by atoms with Gasteiger partial charge in [-0.3, -0.25) is 9.59 Å². The van der Waals surface area contributed by atoms with E-state index in [1.165, 1.54) is 6.07 Å². The lowest BCUT2D eigenvalue weighted by Gasteiger charge is -2.34. The van der Waals surface area contributed by atoms with Crippen molar-refractivity contribution in [1.82, 2.24) is 15.1 Å². The number of carbonyl (C=O) groups is 3. The second kappa shape index (κ2) is 9.74. The molecule has 8 heteroatoms. The van der Waals surface area contributed by atoms with Crippen molar-refractivity contribution in [3.63, 3.8) is 0 Å². The molecular formula is C18H24FN3O4. The zero-order valence-electron chi connectivity index (χ0n) is 14.9.